The Kier molecular flexibility index (Phi) is 4.96. The van der Waals surface area contributed by atoms with Gasteiger partial charge in [-0.2, -0.15) is 8.42 Å². The maximum Gasteiger partial charge on any atom is 0.264 e. The molecule has 4 nitrogen and oxygen atoms in total. The Labute approximate surface area is 103 Å². The average Bonchev–Trinajstić information content (AvgIpc) is 2.27. The van der Waals surface area contributed by atoms with Gasteiger partial charge in [0.05, 0.1) is 6.26 Å². The molecule has 0 aromatic heterocycles. The summed E-state index contributed by atoms with van der Waals surface area (Å²) in [5, 5.41) is 3.02. The van der Waals surface area contributed by atoms with Gasteiger partial charge in [-0.3, -0.25) is 4.18 Å². The zero-order chi connectivity index (χ0) is 12.9. The third-order valence-corrected chi connectivity index (χ3v) is 2.97. The molecule has 1 aromatic carbocycles. The van der Waals surface area contributed by atoms with Gasteiger partial charge in [0.25, 0.3) is 10.1 Å². The van der Waals surface area contributed by atoms with Crippen LogP contribution in [0.25, 0.3) is 0 Å². The minimum Gasteiger partial charge on any atom is -0.388 e. The Hall–Kier alpha value is -1.07. The molecular weight excluding hydrogens is 238 g/mol. The largest absolute Gasteiger partial charge is 0.388 e. The van der Waals surface area contributed by atoms with Gasteiger partial charge in [0.2, 0.25) is 0 Å². The molecule has 0 aliphatic heterocycles. The molecule has 0 saturated carbocycles. The normalized spacial score (nSPS) is 13.4. The lowest BCUT2D eigenvalue weighted by Crippen LogP contribution is -2.10. The molecule has 0 aliphatic carbocycles. The number of rotatable bonds is 6. The average molecular weight is 257 g/mol. The third kappa shape index (κ3) is 4.75. The molecule has 1 unspecified atom stereocenters. The number of hydrogen-bond donors (Lipinski definition) is 1. The number of hydrogen-bond acceptors (Lipinski definition) is 4. The van der Waals surface area contributed by atoms with Gasteiger partial charge >= 0.3 is 0 Å². The zero-order valence-corrected chi connectivity index (χ0v) is 11.3. The van der Waals surface area contributed by atoms with Crippen LogP contribution in [0.2, 0.25) is 0 Å². The van der Waals surface area contributed by atoms with Crippen molar-refractivity contribution in [3.05, 3.63) is 29.8 Å². The first kappa shape index (κ1) is 14.0. The van der Waals surface area contributed by atoms with Crippen LogP contribution in [0.1, 0.15) is 31.4 Å². The fraction of sp³-hybridized carbons (Fsp3) is 0.500. The summed E-state index contributed by atoms with van der Waals surface area (Å²) in [6, 6.07) is 7.60. The Bertz CT molecular complexity index is 457. The van der Waals surface area contributed by atoms with Crippen LogP contribution in [-0.4, -0.2) is 21.7 Å². The summed E-state index contributed by atoms with van der Waals surface area (Å²) in [5.74, 6) is 0. The molecule has 0 amide bonds. The Morgan fingerprint density at radius 3 is 2.65 bits per heavy atom. The van der Waals surface area contributed by atoms with Crippen LogP contribution in [0.3, 0.4) is 0 Å². The lowest BCUT2D eigenvalue weighted by atomic mass is 10.0. The maximum atomic E-state index is 11.2. The Balaban J connectivity index is 2.96. The van der Waals surface area contributed by atoms with Gasteiger partial charge in [0, 0.05) is 12.7 Å². The second kappa shape index (κ2) is 6.02. The summed E-state index contributed by atoms with van der Waals surface area (Å²) in [6.45, 7) is 2.00. The van der Waals surface area contributed by atoms with Crippen molar-refractivity contribution in [1.82, 2.24) is 0 Å². The SMILES string of the molecule is CCCC(OS(C)(=O)=O)c1cccc(NC)c1. The molecule has 1 N–H and O–H groups in total. The highest BCUT2D eigenvalue weighted by Crippen LogP contribution is 2.26. The molecule has 1 aromatic rings. The van der Waals surface area contributed by atoms with Crippen LogP contribution in [0.4, 0.5) is 5.69 Å². The predicted molar refractivity (Wildman–Crippen MR) is 69.6 cm³/mol. The van der Waals surface area contributed by atoms with Crippen molar-refractivity contribution in [2.75, 3.05) is 18.6 Å². The second-order valence-electron chi connectivity index (χ2n) is 3.95. The summed E-state index contributed by atoms with van der Waals surface area (Å²) < 4.78 is 27.5. The molecule has 0 radical (unpaired) electrons. The van der Waals surface area contributed by atoms with Gasteiger partial charge in [-0.1, -0.05) is 25.5 Å². The van der Waals surface area contributed by atoms with Gasteiger partial charge in [0.1, 0.15) is 6.10 Å². The standard InChI is InChI=1S/C12H19NO3S/c1-4-6-12(16-17(3,14)15)10-7-5-8-11(9-10)13-2/h5,7-9,12-13H,4,6H2,1-3H3. The van der Waals surface area contributed by atoms with E-state index in [-0.39, 0.29) is 0 Å². The zero-order valence-electron chi connectivity index (χ0n) is 10.4. The van der Waals surface area contributed by atoms with Crippen molar-refractivity contribution in [2.24, 2.45) is 0 Å². The summed E-state index contributed by atoms with van der Waals surface area (Å²) >= 11 is 0. The first-order valence-electron chi connectivity index (χ1n) is 5.62. The van der Waals surface area contributed by atoms with Crippen molar-refractivity contribution in [3.8, 4) is 0 Å². The molecule has 0 bridgehead atoms. The van der Waals surface area contributed by atoms with Crippen LogP contribution >= 0.6 is 0 Å². The van der Waals surface area contributed by atoms with E-state index in [9.17, 15) is 8.42 Å². The molecule has 96 valence electrons. The van der Waals surface area contributed by atoms with Crippen LogP contribution < -0.4 is 5.32 Å². The molecule has 5 heteroatoms. The van der Waals surface area contributed by atoms with E-state index in [2.05, 4.69) is 5.32 Å². The summed E-state index contributed by atoms with van der Waals surface area (Å²) in [4.78, 5) is 0. The highest BCUT2D eigenvalue weighted by Gasteiger charge is 2.17. The monoisotopic (exact) mass is 257 g/mol. The third-order valence-electron chi connectivity index (χ3n) is 2.39. The maximum absolute atomic E-state index is 11.2. The molecular formula is C12H19NO3S. The van der Waals surface area contributed by atoms with Crippen LogP contribution in [0, 0.1) is 0 Å². The molecule has 1 rings (SSSR count). The van der Waals surface area contributed by atoms with Crippen molar-refractivity contribution in [3.63, 3.8) is 0 Å². The lowest BCUT2D eigenvalue weighted by molar-refractivity contribution is 0.204. The van der Waals surface area contributed by atoms with Gasteiger partial charge in [0.15, 0.2) is 0 Å². The number of anilines is 1. The summed E-state index contributed by atoms with van der Waals surface area (Å²) in [6.07, 6.45) is 2.23. The first-order chi connectivity index (χ1) is 7.96. The van der Waals surface area contributed by atoms with Crippen LogP contribution in [-0.2, 0) is 14.3 Å². The van der Waals surface area contributed by atoms with E-state index in [4.69, 9.17) is 4.18 Å². The minimum atomic E-state index is -3.43. The van der Waals surface area contributed by atoms with Gasteiger partial charge in [-0.05, 0) is 24.1 Å². The highest BCUT2D eigenvalue weighted by molar-refractivity contribution is 7.86. The van der Waals surface area contributed by atoms with E-state index in [0.29, 0.717) is 6.42 Å². The minimum absolute atomic E-state index is 0.400. The van der Waals surface area contributed by atoms with Crippen LogP contribution in [0.5, 0.6) is 0 Å². The van der Waals surface area contributed by atoms with Gasteiger partial charge < -0.3 is 5.32 Å². The highest BCUT2D eigenvalue weighted by atomic mass is 32.2. The Morgan fingerprint density at radius 1 is 1.41 bits per heavy atom. The Morgan fingerprint density at radius 2 is 2.12 bits per heavy atom. The molecule has 0 fully saturated rings. The van der Waals surface area contributed by atoms with E-state index in [1.807, 2.05) is 38.2 Å². The van der Waals surface area contributed by atoms with Crippen molar-refractivity contribution < 1.29 is 12.6 Å². The molecule has 0 saturated heterocycles. The van der Waals surface area contributed by atoms with E-state index < -0.39 is 16.2 Å². The number of benzene rings is 1. The molecule has 0 spiro atoms. The van der Waals surface area contributed by atoms with Crippen molar-refractivity contribution >= 4 is 15.8 Å². The van der Waals surface area contributed by atoms with E-state index in [0.717, 1.165) is 23.9 Å². The van der Waals surface area contributed by atoms with Crippen LogP contribution in [0.15, 0.2) is 24.3 Å². The smallest absolute Gasteiger partial charge is 0.264 e. The van der Waals surface area contributed by atoms with E-state index in [1.165, 1.54) is 0 Å². The lowest BCUT2D eigenvalue weighted by Gasteiger charge is -2.16. The topological polar surface area (TPSA) is 55.4 Å². The quantitative estimate of drug-likeness (QED) is 0.796. The summed E-state index contributed by atoms with van der Waals surface area (Å²) in [7, 11) is -1.61. The predicted octanol–water partition coefficient (Wildman–Crippen LogP) is 2.55. The fourth-order valence-electron chi connectivity index (χ4n) is 1.64. The summed E-state index contributed by atoms with van der Waals surface area (Å²) in [5.41, 5.74) is 1.82. The molecule has 0 heterocycles. The molecule has 1 atom stereocenters. The molecule has 17 heavy (non-hydrogen) atoms. The van der Waals surface area contributed by atoms with E-state index >= 15 is 0 Å². The van der Waals surface area contributed by atoms with Gasteiger partial charge in [-0.15, -0.1) is 0 Å². The van der Waals surface area contributed by atoms with Gasteiger partial charge in [-0.25, -0.2) is 0 Å². The molecule has 0 aliphatic rings. The van der Waals surface area contributed by atoms with Crippen molar-refractivity contribution in [2.45, 2.75) is 25.9 Å². The van der Waals surface area contributed by atoms with E-state index in [1.54, 1.807) is 0 Å². The van der Waals surface area contributed by atoms with Crippen molar-refractivity contribution in [1.29, 1.82) is 0 Å². The first-order valence-corrected chi connectivity index (χ1v) is 7.44. The second-order valence-corrected chi connectivity index (χ2v) is 5.55. The number of nitrogens with one attached hydrogen (secondary N) is 1. The fourth-order valence-corrected chi connectivity index (χ4v) is 2.27.